The second-order valence-electron chi connectivity index (χ2n) is 4.19. The van der Waals surface area contributed by atoms with Crippen LogP contribution in [0.5, 0.6) is 0 Å². The summed E-state index contributed by atoms with van der Waals surface area (Å²) in [5, 5.41) is 21.6. The van der Waals surface area contributed by atoms with Gasteiger partial charge in [-0.15, -0.1) is 10.2 Å². The van der Waals surface area contributed by atoms with Crippen LogP contribution in [0.15, 0.2) is 6.33 Å². The Labute approximate surface area is 111 Å². The van der Waals surface area contributed by atoms with Crippen molar-refractivity contribution < 1.29 is 14.7 Å². The Morgan fingerprint density at radius 1 is 1.47 bits per heavy atom. The summed E-state index contributed by atoms with van der Waals surface area (Å²) in [6.07, 6.45) is 2.64. The number of carbonyl (C=O) groups excluding carboxylic acids is 1. The van der Waals surface area contributed by atoms with Crippen LogP contribution in [0.3, 0.4) is 0 Å². The van der Waals surface area contributed by atoms with E-state index in [1.165, 1.54) is 0 Å². The summed E-state index contributed by atoms with van der Waals surface area (Å²) in [5.41, 5.74) is 0. The lowest BCUT2D eigenvalue weighted by Gasteiger charge is -2.11. The highest BCUT2D eigenvalue weighted by atomic mass is 16.4. The second-order valence-corrected chi connectivity index (χ2v) is 4.19. The lowest BCUT2D eigenvalue weighted by Crippen LogP contribution is -2.40. The highest BCUT2D eigenvalue weighted by Gasteiger charge is 2.15. The van der Waals surface area contributed by atoms with E-state index >= 15 is 0 Å². The molecule has 1 heterocycles. The zero-order valence-corrected chi connectivity index (χ0v) is 11.1. The largest absolute Gasteiger partial charge is 0.481 e. The molecule has 0 aliphatic carbocycles. The topological polar surface area (TPSA) is 109 Å². The first kappa shape index (κ1) is 14.9. The van der Waals surface area contributed by atoms with Crippen molar-refractivity contribution in [2.75, 3.05) is 13.1 Å². The van der Waals surface area contributed by atoms with E-state index in [4.69, 9.17) is 5.11 Å². The molecule has 2 amide bonds. The molecule has 0 aromatic carbocycles. The number of carboxylic acid groups (broad SMARTS) is 1. The summed E-state index contributed by atoms with van der Waals surface area (Å²) in [4.78, 5) is 22.2. The molecule has 0 radical (unpaired) electrons. The van der Waals surface area contributed by atoms with Gasteiger partial charge in [-0.05, 0) is 6.42 Å². The van der Waals surface area contributed by atoms with Gasteiger partial charge in [0.05, 0.1) is 5.92 Å². The van der Waals surface area contributed by atoms with Crippen molar-refractivity contribution in [3.8, 4) is 0 Å². The highest BCUT2D eigenvalue weighted by molar-refractivity contribution is 5.75. The van der Waals surface area contributed by atoms with Crippen LogP contribution >= 0.6 is 0 Å². The Hall–Kier alpha value is -2.12. The third kappa shape index (κ3) is 4.94. The van der Waals surface area contributed by atoms with Gasteiger partial charge in [-0.3, -0.25) is 4.79 Å². The molecular weight excluding hydrogens is 250 g/mol. The standard InChI is InChI=1S/C11H19N5O3/c1-3-8(10(17)18)6-13-11(19)12-5-4-9-15-14-7-16(9)2/h7-8H,3-6H2,1-2H3,(H,17,18)(H2,12,13,19). The summed E-state index contributed by atoms with van der Waals surface area (Å²) in [6.45, 7) is 2.32. The predicted octanol–water partition coefficient (Wildman–Crippen LogP) is -0.232. The molecule has 0 bridgehead atoms. The Balaban J connectivity index is 2.21. The molecule has 0 aliphatic rings. The first-order valence-corrected chi connectivity index (χ1v) is 6.12. The van der Waals surface area contributed by atoms with Crippen molar-refractivity contribution in [2.45, 2.75) is 19.8 Å². The molecule has 0 saturated heterocycles. The molecule has 1 aromatic rings. The van der Waals surface area contributed by atoms with Gasteiger partial charge in [0.2, 0.25) is 0 Å². The quantitative estimate of drug-likeness (QED) is 0.633. The van der Waals surface area contributed by atoms with Gasteiger partial charge in [-0.25, -0.2) is 4.79 Å². The molecular formula is C11H19N5O3. The van der Waals surface area contributed by atoms with Crippen molar-refractivity contribution in [1.82, 2.24) is 25.4 Å². The maximum Gasteiger partial charge on any atom is 0.314 e. The number of amides is 2. The number of hydrogen-bond acceptors (Lipinski definition) is 4. The normalized spacial score (nSPS) is 11.9. The molecule has 0 fully saturated rings. The second kappa shape index (κ2) is 7.34. The average Bonchev–Trinajstić information content (AvgIpc) is 2.75. The number of aliphatic carboxylic acids is 1. The van der Waals surface area contributed by atoms with Crippen LogP contribution in [0, 0.1) is 5.92 Å². The van der Waals surface area contributed by atoms with Gasteiger partial charge < -0.3 is 20.3 Å². The van der Waals surface area contributed by atoms with Crippen LogP contribution < -0.4 is 10.6 Å². The van der Waals surface area contributed by atoms with Crippen molar-refractivity contribution >= 4 is 12.0 Å². The number of carbonyl (C=O) groups is 2. The lowest BCUT2D eigenvalue weighted by atomic mass is 10.1. The molecule has 0 spiro atoms. The number of aryl methyl sites for hydroxylation is 1. The van der Waals surface area contributed by atoms with Gasteiger partial charge in [0.15, 0.2) is 0 Å². The maximum absolute atomic E-state index is 11.4. The van der Waals surface area contributed by atoms with Crippen LogP contribution in [-0.2, 0) is 18.3 Å². The molecule has 0 saturated carbocycles. The monoisotopic (exact) mass is 269 g/mol. The van der Waals surface area contributed by atoms with Gasteiger partial charge in [0.25, 0.3) is 0 Å². The fraction of sp³-hybridized carbons (Fsp3) is 0.636. The van der Waals surface area contributed by atoms with Gasteiger partial charge >= 0.3 is 12.0 Å². The number of hydrogen-bond donors (Lipinski definition) is 3. The molecule has 8 nitrogen and oxygen atoms in total. The smallest absolute Gasteiger partial charge is 0.314 e. The number of rotatable bonds is 7. The molecule has 1 rings (SSSR count). The first-order valence-electron chi connectivity index (χ1n) is 6.12. The molecule has 19 heavy (non-hydrogen) atoms. The van der Waals surface area contributed by atoms with Crippen molar-refractivity contribution in [3.63, 3.8) is 0 Å². The molecule has 1 aromatic heterocycles. The minimum atomic E-state index is -0.901. The van der Waals surface area contributed by atoms with Crippen molar-refractivity contribution in [3.05, 3.63) is 12.2 Å². The summed E-state index contributed by atoms with van der Waals surface area (Å²) in [7, 11) is 1.83. The molecule has 8 heteroatoms. The SMILES string of the molecule is CCC(CNC(=O)NCCc1nncn1C)C(=O)O. The number of nitrogens with zero attached hydrogens (tertiary/aromatic N) is 3. The Bertz CT molecular complexity index is 432. The third-order valence-electron chi connectivity index (χ3n) is 2.79. The number of urea groups is 1. The van der Waals surface area contributed by atoms with E-state index in [-0.39, 0.29) is 12.6 Å². The number of nitrogens with one attached hydrogen (secondary N) is 2. The van der Waals surface area contributed by atoms with Gasteiger partial charge in [0.1, 0.15) is 12.2 Å². The fourth-order valence-electron chi connectivity index (χ4n) is 1.51. The van der Waals surface area contributed by atoms with Crippen LogP contribution in [-0.4, -0.2) is 45.0 Å². The maximum atomic E-state index is 11.4. The zero-order chi connectivity index (χ0) is 14.3. The van der Waals surface area contributed by atoms with E-state index in [0.717, 1.165) is 5.82 Å². The van der Waals surface area contributed by atoms with Crippen molar-refractivity contribution in [1.29, 1.82) is 0 Å². The Morgan fingerprint density at radius 2 is 2.21 bits per heavy atom. The summed E-state index contributed by atoms with van der Waals surface area (Å²) >= 11 is 0. The zero-order valence-electron chi connectivity index (χ0n) is 11.1. The van der Waals surface area contributed by atoms with Crippen LogP contribution in [0.25, 0.3) is 0 Å². The molecule has 3 N–H and O–H groups in total. The summed E-state index contributed by atoms with van der Waals surface area (Å²) < 4.78 is 1.77. The Morgan fingerprint density at radius 3 is 2.74 bits per heavy atom. The summed E-state index contributed by atoms with van der Waals surface area (Å²) in [6, 6.07) is -0.373. The third-order valence-corrected chi connectivity index (χ3v) is 2.79. The van der Waals surface area contributed by atoms with E-state index in [1.54, 1.807) is 17.8 Å². The van der Waals surface area contributed by atoms with E-state index < -0.39 is 11.9 Å². The lowest BCUT2D eigenvalue weighted by molar-refractivity contribution is -0.141. The molecule has 106 valence electrons. The average molecular weight is 269 g/mol. The van der Waals surface area contributed by atoms with Gasteiger partial charge in [0, 0.05) is 26.6 Å². The molecule has 0 aliphatic heterocycles. The van der Waals surface area contributed by atoms with Gasteiger partial charge in [-0.2, -0.15) is 0 Å². The van der Waals surface area contributed by atoms with Crippen LogP contribution in [0.4, 0.5) is 4.79 Å². The van der Waals surface area contributed by atoms with Gasteiger partial charge in [-0.1, -0.05) is 6.92 Å². The number of aromatic nitrogens is 3. The van der Waals surface area contributed by atoms with Crippen LogP contribution in [0.1, 0.15) is 19.2 Å². The van der Waals surface area contributed by atoms with E-state index in [9.17, 15) is 9.59 Å². The highest BCUT2D eigenvalue weighted by Crippen LogP contribution is 2.00. The van der Waals surface area contributed by atoms with Crippen LogP contribution in [0.2, 0.25) is 0 Å². The molecule has 1 atom stereocenters. The minimum absolute atomic E-state index is 0.127. The summed E-state index contributed by atoms with van der Waals surface area (Å²) in [5.74, 6) is -0.677. The minimum Gasteiger partial charge on any atom is -0.481 e. The molecule has 1 unspecified atom stereocenters. The number of carboxylic acids is 1. The Kier molecular flexibility index (Phi) is 5.77. The first-order chi connectivity index (χ1) is 9.04. The van der Waals surface area contributed by atoms with E-state index in [1.807, 2.05) is 7.05 Å². The van der Waals surface area contributed by atoms with E-state index in [0.29, 0.717) is 19.4 Å². The fourth-order valence-corrected chi connectivity index (χ4v) is 1.51. The van der Waals surface area contributed by atoms with Crippen molar-refractivity contribution in [2.24, 2.45) is 13.0 Å². The van der Waals surface area contributed by atoms with E-state index in [2.05, 4.69) is 20.8 Å². The predicted molar refractivity (Wildman–Crippen MR) is 67.5 cm³/mol.